The molecule has 5 heteroatoms. The molecule has 1 heterocycles. The molecule has 3 aromatic carbocycles. The summed E-state index contributed by atoms with van der Waals surface area (Å²) in [5, 5.41) is 2.87. The summed E-state index contributed by atoms with van der Waals surface area (Å²) in [6, 6.07) is 22.0. The van der Waals surface area contributed by atoms with Crippen LogP contribution >= 0.6 is 0 Å². The predicted molar refractivity (Wildman–Crippen MR) is 100 cm³/mol. The fraction of sp³-hybridized carbons (Fsp3) is 0. The zero-order valence-electron chi connectivity index (χ0n) is 13.8. The molecule has 0 spiro atoms. The van der Waals surface area contributed by atoms with E-state index < -0.39 is 0 Å². The first-order valence-corrected chi connectivity index (χ1v) is 8.13. The molecule has 0 aliphatic heterocycles. The average Bonchev–Trinajstić information content (AvgIpc) is 2.70. The molecule has 0 bridgehead atoms. The van der Waals surface area contributed by atoms with E-state index in [0.717, 1.165) is 11.3 Å². The first kappa shape index (κ1) is 15.8. The van der Waals surface area contributed by atoms with Gasteiger partial charge in [-0.05, 0) is 54.6 Å². The van der Waals surface area contributed by atoms with Crippen molar-refractivity contribution in [1.29, 1.82) is 0 Å². The van der Waals surface area contributed by atoms with E-state index >= 15 is 0 Å². The molecule has 126 valence electrons. The van der Waals surface area contributed by atoms with Crippen LogP contribution in [0.2, 0.25) is 0 Å². The Balaban J connectivity index is 1.46. The predicted octanol–water partition coefficient (Wildman–Crippen LogP) is 4.67. The fourth-order valence-electron chi connectivity index (χ4n) is 2.54. The van der Waals surface area contributed by atoms with Crippen LogP contribution in [0, 0.1) is 0 Å². The van der Waals surface area contributed by atoms with Crippen molar-refractivity contribution in [2.24, 2.45) is 0 Å². The Bertz CT molecular complexity index is 1050. The summed E-state index contributed by atoms with van der Waals surface area (Å²) in [4.78, 5) is 20.9. The monoisotopic (exact) mass is 341 g/mol. The number of para-hydroxylation sites is 1. The van der Waals surface area contributed by atoms with Crippen molar-refractivity contribution in [3.63, 3.8) is 0 Å². The number of ether oxygens (including phenoxy) is 1. The summed E-state index contributed by atoms with van der Waals surface area (Å²) in [5.41, 5.74) is 2.66. The minimum absolute atomic E-state index is 0.200. The lowest BCUT2D eigenvalue weighted by Gasteiger charge is -2.08. The number of benzene rings is 3. The first-order valence-electron chi connectivity index (χ1n) is 8.13. The Kier molecular flexibility index (Phi) is 4.26. The molecule has 4 rings (SSSR count). The van der Waals surface area contributed by atoms with Crippen molar-refractivity contribution in [2.45, 2.75) is 0 Å². The van der Waals surface area contributed by atoms with Gasteiger partial charge in [0.25, 0.3) is 5.91 Å². The highest BCUT2D eigenvalue weighted by atomic mass is 16.5. The Hall–Kier alpha value is -3.73. The summed E-state index contributed by atoms with van der Waals surface area (Å²) in [6.07, 6.45) is 3.23. The normalized spacial score (nSPS) is 10.5. The van der Waals surface area contributed by atoms with Crippen LogP contribution in [0.5, 0.6) is 11.5 Å². The zero-order valence-corrected chi connectivity index (χ0v) is 13.8. The van der Waals surface area contributed by atoms with Gasteiger partial charge in [0.2, 0.25) is 0 Å². The van der Waals surface area contributed by atoms with Gasteiger partial charge >= 0.3 is 0 Å². The maximum atomic E-state index is 12.4. The number of aromatic nitrogens is 2. The topological polar surface area (TPSA) is 64.1 Å². The summed E-state index contributed by atoms with van der Waals surface area (Å²) in [7, 11) is 0. The summed E-state index contributed by atoms with van der Waals surface area (Å²) in [5.74, 6) is 1.27. The number of carbonyl (C=O) groups is 1. The van der Waals surface area contributed by atoms with Crippen LogP contribution in [-0.2, 0) is 0 Å². The van der Waals surface area contributed by atoms with E-state index in [4.69, 9.17) is 4.74 Å². The van der Waals surface area contributed by atoms with Crippen LogP contribution in [0.4, 0.5) is 5.69 Å². The zero-order chi connectivity index (χ0) is 17.8. The number of amides is 1. The van der Waals surface area contributed by atoms with Crippen LogP contribution in [0.1, 0.15) is 10.4 Å². The highest BCUT2D eigenvalue weighted by Gasteiger charge is 2.08. The molecular formula is C21H15N3O2. The molecule has 0 aliphatic carbocycles. The second-order valence-electron chi connectivity index (χ2n) is 5.65. The molecule has 0 atom stereocenters. The van der Waals surface area contributed by atoms with Crippen LogP contribution in [0.25, 0.3) is 11.0 Å². The molecule has 0 unspecified atom stereocenters. The summed E-state index contributed by atoms with van der Waals surface area (Å²) >= 11 is 0. The van der Waals surface area contributed by atoms with Gasteiger partial charge in [0, 0.05) is 23.6 Å². The number of nitrogens with one attached hydrogen (secondary N) is 1. The molecule has 0 saturated carbocycles. The van der Waals surface area contributed by atoms with Crippen molar-refractivity contribution in [2.75, 3.05) is 5.32 Å². The number of hydrogen-bond acceptors (Lipinski definition) is 4. The molecule has 0 aliphatic rings. The van der Waals surface area contributed by atoms with Gasteiger partial charge in [0.05, 0.1) is 11.0 Å². The summed E-state index contributed by atoms with van der Waals surface area (Å²) in [6.45, 7) is 0. The van der Waals surface area contributed by atoms with Gasteiger partial charge in [-0.25, -0.2) is 0 Å². The Morgan fingerprint density at radius 3 is 2.23 bits per heavy atom. The van der Waals surface area contributed by atoms with E-state index in [1.54, 1.807) is 42.7 Å². The summed E-state index contributed by atoms with van der Waals surface area (Å²) < 4.78 is 5.74. The number of anilines is 1. The van der Waals surface area contributed by atoms with Crippen LogP contribution < -0.4 is 10.1 Å². The van der Waals surface area contributed by atoms with Gasteiger partial charge in [0.1, 0.15) is 11.5 Å². The molecule has 0 radical (unpaired) electrons. The van der Waals surface area contributed by atoms with Crippen LogP contribution in [0.15, 0.2) is 85.2 Å². The van der Waals surface area contributed by atoms with Gasteiger partial charge < -0.3 is 10.1 Å². The van der Waals surface area contributed by atoms with E-state index in [1.165, 1.54) is 0 Å². The van der Waals surface area contributed by atoms with Gasteiger partial charge in [-0.15, -0.1) is 0 Å². The van der Waals surface area contributed by atoms with Gasteiger partial charge in [-0.3, -0.25) is 14.8 Å². The SMILES string of the molecule is O=C(Nc1ccc(Oc2ccccc2)cc1)c1ccc2nccnc2c1. The number of carbonyl (C=O) groups excluding carboxylic acids is 1. The Morgan fingerprint density at radius 2 is 1.46 bits per heavy atom. The van der Waals surface area contributed by atoms with E-state index in [0.29, 0.717) is 22.5 Å². The molecule has 26 heavy (non-hydrogen) atoms. The van der Waals surface area contributed by atoms with E-state index in [2.05, 4.69) is 15.3 Å². The smallest absolute Gasteiger partial charge is 0.255 e. The van der Waals surface area contributed by atoms with Gasteiger partial charge in [0.15, 0.2) is 0 Å². The van der Waals surface area contributed by atoms with E-state index in [9.17, 15) is 4.79 Å². The Morgan fingerprint density at radius 1 is 0.769 bits per heavy atom. The minimum atomic E-state index is -0.200. The lowest BCUT2D eigenvalue weighted by atomic mass is 10.1. The molecule has 0 saturated heterocycles. The van der Waals surface area contributed by atoms with E-state index in [1.807, 2.05) is 42.5 Å². The molecule has 1 amide bonds. The quantitative estimate of drug-likeness (QED) is 0.586. The minimum Gasteiger partial charge on any atom is -0.457 e. The van der Waals surface area contributed by atoms with Gasteiger partial charge in [-0.2, -0.15) is 0 Å². The fourth-order valence-corrected chi connectivity index (χ4v) is 2.54. The van der Waals surface area contributed by atoms with Crippen LogP contribution in [0.3, 0.4) is 0 Å². The van der Waals surface area contributed by atoms with Crippen molar-refractivity contribution < 1.29 is 9.53 Å². The molecular weight excluding hydrogens is 326 g/mol. The van der Waals surface area contributed by atoms with Crippen LogP contribution in [-0.4, -0.2) is 15.9 Å². The highest BCUT2D eigenvalue weighted by Crippen LogP contribution is 2.23. The second kappa shape index (κ2) is 7.03. The molecule has 0 fully saturated rings. The molecule has 5 nitrogen and oxygen atoms in total. The molecule has 4 aromatic rings. The highest BCUT2D eigenvalue weighted by molar-refractivity contribution is 6.05. The van der Waals surface area contributed by atoms with Crippen molar-refractivity contribution in [1.82, 2.24) is 9.97 Å². The number of fused-ring (bicyclic) bond motifs is 1. The second-order valence-corrected chi connectivity index (χ2v) is 5.65. The largest absolute Gasteiger partial charge is 0.457 e. The third kappa shape index (κ3) is 3.52. The first-order chi connectivity index (χ1) is 12.8. The maximum Gasteiger partial charge on any atom is 0.255 e. The lowest BCUT2D eigenvalue weighted by molar-refractivity contribution is 0.102. The van der Waals surface area contributed by atoms with E-state index in [-0.39, 0.29) is 5.91 Å². The van der Waals surface area contributed by atoms with Crippen molar-refractivity contribution in [3.05, 3.63) is 90.8 Å². The third-order valence-corrected chi connectivity index (χ3v) is 3.82. The van der Waals surface area contributed by atoms with Crippen molar-refractivity contribution >= 4 is 22.6 Å². The Labute approximate surface area is 150 Å². The number of hydrogen-bond donors (Lipinski definition) is 1. The number of nitrogens with zero attached hydrogens (tertiary/aromatic N) is 2. The maximum absolute atomic E-state index is 12.4. The lowest BCUT2D eigenvalue weighted by Crippen LogP contribution is -2.11. The standard InChI is InChI=1S/C21H15N3O2/c25-21(15-6-11-19-20(14-15)23-13-12-22-19)24-16-7-9-18(10-8-16)26-17-4-2-1-3-5-17/h1-14H,(H,24,25). The van der Waals surface area contributed by atoms with Crippen molar-refractivity contribution in [3.8, 4) is 11.5 Å². The van der Waals surface area contributed by atoms with Gasteiger partial charge in [-0.1, -0.05) is 18.2 Å². The number of rotatable bonds is 4. The third-order valence-electron chi connectivity index (χ3n) is 3.82. The average molecular weight is 341 g/mol. The molecule has 1 aromatic heterocycles. The molecule has 1 N–H and O–H groups in total.